The molecule has 3 aromatic rings. The second-order valence-electron chi connectivity index (χ2n) is 6.70. The third kappa shape index (κ3) is 6.88. The summed E-state index contributed by atoms with van der Waals surface area (Å²) in [6, 6.07) is 9.05. The summed E-state index contributed by atoms with van der Waals surface area (Å²) in [5.74, 6) is -1.40. The Balaban J connectivity index is 1.67. The van der Waals surface area contributed by atoms with Gasteiger partial charge in [-0.2, -0.15) is 27.6 Å². The van der Waals surface area contributed by atoms with Crippen LogP contribution in [0.3, 0.4) is 0 Å². The van der Waals surface area contributed by atoms with Gasteiger partial charge in [-0.25, -0.2) is 10.4 Å². The topological polar surface area (TPSA) is 85.7 Å². The van der Waals surface area contributed by atoms with Gasteiger partial charge in [0.2, 0.25) is 17.0 Å². The van der Waals surface area contributed by atoms with Crippen LogP contribution in [0.25, 0.3) is 0 Å². The fourth-order valence-electron chi connectivity index (χ4n) is 2.73. The molecule has 0 unspecified atom stereocenters. The smallest absolute Gasteiger partial charge is 0.416 e. The molecule has 0 atom stereocenters. The van der Waals surface area contributed by atoms with Crippen molar-refractivity contribution in [3.05, 3.63) is 76.5 Å². The zero-order valence-corrected chi connectivity index (χ0v) is 18.3. The van der Waals surface area contributed by atoms with Crippen molar-refractivity contribution >= 4 is 23.7 Å². The van der Waals surface area contributed by atoms with Gasteiger partial charge in [-0.3, -0.25) is 4.79 Å². The Hall–Kier alpha value is -3.73. The zero-order valence-electron chi connectivity index (χ0n) is 17.6. The molecule has 178 valence electrons. The Morgan fingerprint density at radius 2 is 2.00 bits per heavy atom. The summed E-state index contributed by atoms with van der Waals surface area (Å²) in [6.45, 7) is 2.01. The maximum Gasteiger partial charge on any atom is 0.416 e. The molecule has 1 heterocycles. The molecule has 0 bridgehead atoms. The van der Waals surface area contributed by atoms with E-state index in [0.29, 0.717) is 5.56 Å². The van der Waals surface area contributed by atoms with Gasteiger partial charge >= 0.3 is 6.18 Å². The maximum atomic E-state index is 13.9. The first kappa shape index (κ1) is 24.9. The predicted octanol–water partition coefficient (Wildman–Crippen LogP) is 5.17. The van der Waals surface area contributed by atoms with Crippen molar-refractivity contribution in [3.63, 3.8) is 0 Å². The number of benzene rings is 2. The molecular formula is C22H17ClF4N4O3. The number of ether oxygens (including phenoxy) is 2. The van der Waals surface area contributed by atoms with E-state index in [4.69, 9.17) is 21.1 Å². The molecule has 0 aliphatic heterocycles. The molecule has 7 nitrogen and oxygen atoms in total. The number of halogens is 5. The minimum atomic E-state index is -4.50. The van der Waals surface area contributed by atoms with Gasteiger partial charge in [-0.1, -0.05) is 18.2 Å². The zero-order chi connectivity index (χ0) is 24.7. The largest absolute Gasteiger partial charge is 0.490 e. The fraction of sp³-hybridized carbons (Fsp3) is 0.182. The number of amides is 1. The predicted molar refractivity (Wildman–Crippen MR) is 116 cm³/mol. The quantitative estimate of drug-likeness (QED) is 0.201. The highest BCUT2D eigenvalue weighted by atomic mass is 35.5. The molecule has 0 spiro atoms. The highest BCUT2D eigenvalue weighted by molar-refractivity contribution is 6.28. The van der Waals surface area contributed by atoms with E-state index in [1.54, 1.807) is 13.0 Å². The van der Waals surface area contributed by atoms with Gasteiger partial charge in [0, 0.05) is 0 Å². The van der Waals surface area contributed by atoms with Crippen LogP contribution in [0.1, 0.15) is 23.6 Å². The SMILES string of the molecule is CCOc1cc(/C=N\NC(=O)Cc2cccc(C(F)(F)F)c2)ccc1Oc1nc(Cl)ncc1F. The van der Waals surface area contributed by atoms with Gasteiger partial charge in [0.05, 0.1) is 31.0 Å². The van der Waals surface area contributed by atoms with E-state index in [2.05, 4.69) is 20.5 Å². The van der Waals surface area contributed by atoms with Gasteiger partial charge in [0.25, 0.3) is 5.88 Å². The molecule has 12 heteroatoms. The molecule has 0 aliphatic rings. The molecule has 0 saturated heterocycles. The van der Waals surface area contributed by atoms with Gasteiger partial charge < -0.3 is 9.47 Å². The van der Waals surface area contributed by atoms with Crippen molar-refractivity contribution in [3.8, 4) is 17.4 Å². The summed E-state index contributed by atoms with van der Waals surface area (Å²) >= 11 is 5.67. The average Bonchev–Trinajstić information content (AvgIpc) is 2.77. The van der Waals surface area contributed by atoms with E-state index in [-0.39, 0.29) is 41.3 Å². The van der Waals surface area contributed by atoms with E-state index in [9.17, 15) is 22.4 Å². The van der Waals surface area contributed by atoms with Crippen LogP contribution in [-0.4, -0.2) is 28.7 Å². The number of nitrogens with zero attached hydrogens (tertiary/aromatic N) is 3. The Bertz CT molecular complexity index is 1210. The van der Waals surface area contributed by atoms with Crippen molar-refractivity contribution in [2.75, 3.05) is 6.61 Å². The van der Waals surface area contributed by atoms with E-state index < -0.39 is 23.5 Å². The summed E-state index contributed by atoms with van der Waals surface area (Å²) in [6.07, 6.45) is -2.61. The maximum absolute atomic E-state index is 13.9. The molecule has 1 aromatic heterocycles. The van der Waals surface area contributed by atoms with Crippen LogP contribution in [-0.2, 0) is 17.4 Å². The van der Waals surface area contributed by atoms with E-state index >= 15 is 0 Å². The first-order valence-electron chi connectivity index (χ1n) is 9.76. The number of alkyl halides is 3. The van der Waals surface area contributed by atoms with Gasteiger partial charge in [-0.05, 0) is 53.9 Å². The molecule has 3 rings (SSSR count). The van der Waals surface area contributed by atoms with E-state index in [0.717, 1.165) is 18.3 Å². The average molecular weight is 497 g/mol. The molecule has 34 heavy (non-hydrogen) atoms. The third-order valence-corrected chi connectivity index (χ3v) is 4.36. The molecule has 0 aliphatic carbocycles. The highest BCUT2D eigenvalue weighted by Crippen LogP contribution is 2.33. The normalized spacial score (nSPS) is 11.5. The Labute approximate surface area is 196 Å². The lowest BCUT2D eigenvalue weighted by molar-refractivity contribution is -0.137. The lowest BCUT2D eigenvalue weighted by atomic mass is 10.1. The number of carbonyl (C=O) groups excluding carboxylic acids is 1. The van der Waals surface area contributed by atoms with Crippen molar-refractivity contribution in [1.82, 2.24) is 15.4 Å². The van der Waals surface area contributed by atoms with Crippen LogP contribution < -0.4 is 14.9 Å². The highest BCUT2D eigenvalue weighted by Gasteiger charge is 2.30. The number of nitrogens with one attached hydrogen (secondary N) is 1. The number of rotatable bonds is 8. The molecule has 1 N–H and O–H groups in total. The van der Waals surface area contributed by atoms with Crippen LogP contribution in [0.2, 0.25) is 5.28 Å². The lowest BCUT2D eigenvalue weighted by Crippen LogP contribution is -2.20. The monoisotopic (exact) mass is 496 g/mol. The molecule has 0 radical (unpaired) electrons. The standard InChI is InChI=1S/C22H17ClF4N4O3/c1-2-33-18-9-14(6-7-17(18)34-20-16(24)12-28-21(23)30-20)11-29-31-19(32)10-13-4-3-5-15(8-13)22(25,26)27/h3-9,11-12H,2,10H2,1H3,(H,31,32)/b29-11-. The van der Waals surface area contributed by atoms with E-state index in [1.165, 1.54) is 30.5 Å². The van der Waals surface area contributed by atoms with Crippen molar-refractivity contribution in [2.45, 2.75) is 19.5 Å². The molecule has 0 fully saturated rings. The molecular weight excluding hydrogens is 480 g/mol. The second kappa shape index (κ2) is 10.9. The minimum absolute atomic E-state index is 0.154. The van der Waals surface area contributed by atoms with Crippen LogP contribution in [0, 0.1) is 5.82 Å². The van der Waals surface area contributed by atoms with Gasteiger partial charge in [0.1, 0.15) is 0 Å². The molecule has 0 saturated carbocycles. The van der Waals surface area contributed by atoms with Crippen molar-refractivity contribution in [1.29, 1.82) is 0 Å². The Morgan fingerprint density at radius 1 is 1.21 bits per heavy atom. The molecule has 1 amide bonds. The summed E-state index contributed by atoms with van der Waals surface area (Å²) in [5, 5.41) is 3.61. The number of aromatic nitrogens is 2. The number of hydrogen-bond donors (Lipinski definition) is 1. The first-order valence-corrected chi connectivity index (χ1v) is 10.1. The summed E-state index contributed by atoms with van der Waals surface area (Å²) in [4.78, 5) is 19.2. The Morgan fingerprint density at radius 3 is 2.74 bits per heavy atom. The Kier molecular flexibility index (Phi) is 8.00. The van der Waals surface area contributed by atoms with Crippen LogP contribution in [0.4, 0.5) is 17.6 Å². The third-order valence-electron chi connectivity index (χ3n) is 4.18. The summed E-state index contributed by atoms with van der Waals surface area (Å²) in [7, 11) is 0. The van der Waals surface area contributed by atoms with Crippen LogP contribution in [0.5, 0.6) is 17.4 Å². The lowest BCUT2D eigenvalue weighted by Gasteiger charge is -2.12. The number of hydrogen-bond acceptors (Lipinski definition) is 6. The first-order chi connectivity index (χ1) is 16.2. The summed E-state index contributed by atoms with van der Waals surface area (Å²) in [5.41, 5.74) is 2.11. The van der Waals surface area contributed by atoms with Crippen molar-refractivity contribution in [2.24, 2.45) is 5.10 Å². The second-order valence-corrected chi connectivity index (χ2v) is 7.04. The van der Waals surface area contributed by atoms with Gasteiger partial charge in [0.15, 0.2) is 11.5 Å². The minimum Gasteiger partial charge on any atom is -0.490 e. The van der Waals surface area contributed by atoms with Crippen LogP contribution in [0.15, 0.2) is 53.8 Å². The van der Waals surface area contributed by atoms with E-state index in [1.807, 2.05) is 0 Å². The van der Waals surface area contributed by atoms with Gasteiger partial charge in [-0.15, -0.1) is 0 Å². The van der Waals surface area contributed by atoms with Crippen molar-refractivity contribution < 1.29 is 31.8 Å². The summed E-state index contributed by atoms with van der Waals surface area (Å²) < 4.78 is 63.2. The number of hydrazone groups is 1. The fourth-order valence-corrected chi connectivity index (χ4v) is 2.85. The van der Waals surface area contributed by atoms with Crippen LogP contribution >= 0.6 is 11.6 Å². The molecule has 2 aromatic carbocycles. The number of carbonyl (C=O) groups is 1.